The molecular formula is C11H12N4O4. The van der Waals surface area contributed by atoms with E-state index < -0.39 is 11.9 Å². The Hall–Kier alpha value is -2.51. The van der Waals surface area contributed by atoms with E-state index in [0.717, 1.165) is 6.42 Å². The van der Waals surface area contributed by atoms with Gasteiger partial charge in [0.05, 0.1) is 6.54 Å². The Balaban J connectivity index is 2.03. The maximum atomic E-state index is 11.7. The summed E-state index contributed by atoms with van der Waals surface area (Å²) in [5, 5.41) is 11.2. The van der Waals surface area contributed by atoms with Crippen molar-refractivity contribution in [1.29, 1.82) is 0 Å². The number of carbonyl (C=O) groups is 3. The van der Waals surface area contributed by atoms with Crippen molar-refractivity contribution in [2.75, 3.05) is 18.4 Å². The number of likely N-dealkylation sites (tertiary alicyclic amines) is 1. The van der Waals surface area contributed by atoms with Gasteiger partial charge in [-0.25, -0.2) is 14.8 Å². The smallest absolute Gasteiger partial charge is 0.358 e. The normalized spacial score (nSPS) is 14.5. The van der Waals surface area contributed by atoms with E-state index in [1.165, 1.54) is 17.3 Å². The number of carboxylic acid groups (broad SMARTS) is 1. The summed E-state index contributed by atoms with van der Waals surface area (Å²) in [6.45, 7) is 0.437. The average Bonchev–Trinajstić information content (AvgIpc) is 2.75. The first-order chi connectivity index (χ1) is 9.08. The van der Waals surface area contributed by atoms with Gasteiger partial charge in [-0.2, -0.15) is 0 Å². The van der Waals surface area contributed by atoms with Gasteiger partial charge in [0.1, 0.15) is 0 Å². The summed E-state index contributed by atoms with van der Waals surface area (Å²) in [7, 11) is 0. The van der Waals surface area contributed by atoms with Gasteiger partial charge in [-0.3, -0.25) is 9.59 Å². The van der Waals surface area contributed by atoms with Crippen LogP contribution in [0.3, 0.4) is 0 Å². The maximum absolute atomic E-state index is 11.7. The van der Waals surface area contributed by atoms with Gasteiger partial charge in [0, 0.05) is 25.4 Å². The fourth-order valence-corrected chi connectivity index (χ4v) is 1.80. The lowest BCUT2D eigenvalue weighted by atomic mass is 10.4. The van der Waals surface area contributed by atoms with Gasteiger partial charge in [-0.05, 0) is 6.42 Å². The number of nitrogens with zero attached hydrogens (tertiary/aromatic N) is 3. The summed E-state index contributed by atoms with van der Waals surface area (Å²) >= 11 is 0. The molecule has 1 aromatic rings. The minimum Gasteiger partial charge on any atom is -0.476 e. The minimum absolute atomic E-state index is 0.0762. The number of carbonyl (C=O) groups excluding carboxylic acids is 2. The molecule has 1 aromatic heterocycles. The van der Waals surface area contributed by atoms with Crippen LogP contribution in [0.25, 0.3) is 0 Å². The van der Waals surface area contributed by atoms with Crippen LogP contribution in [-0.4, -0.2) is 50.8 Å². The lowest BCUT2D eigenvalue weighted by molar-refractivity contribution is -0.131. The Morgan fingerprint density at radius 2 is 2.11 bits per heavy atom. The minimum atomic E-state index is -1.28. The van der Waals surface area contributed by atoms with Gasteiger partial charge in [-0.1, -0.05) is 0 Å². The zero-order chi connectivity index (χ0) is 13.8. The van der Waals surface area contributed by atoms with Gasteiger partial charge >= 0.3 is 5.97 Å². The Bertz CT molecular complexity index is 531. The van der Waals surface area contributed by atoms with Gasteiger partial charge in [0.15, 0.2) is 11.5 Å². The van der Waals surface area contributed by atoms with Crippen LogP contribution in [-0.2, 0) is 9.59 Å². The van der Waals surface area contributed by atoms with Gasteiger partial charge in [0.25, 0.3) is 0 Å². The van der Waals surface area contributed by atoms with Crippen molar-refractivity contribution >= 4 is 23.6 Å². The summed E-state index contributed by atoms with van der Waals surface area (Å²) in [5.74, 6) is -1.96. The molecule has 19 heavy (non-hydrogen) atoms. The second kappa shape index (κ2) is 5.42. The van der Waals surface area contributed by atoms with Gasteiger partial charge in [0.2, 0.25) is 11.8 Å². The van der Waals surface area contributed by atoms with Crippen molar-refractivity contribution in [2.24, 2.45) is 0 Å². The number of rotatable bonds is 4. The van der Waals surface area contributed by atoms with Crippen molar-refractivity contribution < 1.29 is 19.5 Å². The molecule has 0 atom stereocenters. The molecule has 0 spiro atoms. The van der Waals surface area contributed by atoms with Crippen LogP contribution in [0.15, 0.2) is 12.4 Å². The van der Waals surface area contributed by atoms with Crippen molar-refractivity contribution in [3.8, 4) is 0 Å². The molecule has 0 unspecified atom stereocenters. The van der Waals surface area contributed by atoms with E-state index in [0.29, 0.717) is 13.0 Å². The quantitative estimate of drug-likeness (QED) is 0.774. The third kappa shape index (κ3) is 3.03. The third-order valence-corrected chi connectivity index (χ3v) is 2.66. The monoisotopic (exact) mass is 264 g/mol. The van der Waals surface area contributed by atoms with Crippen LogP contribution in [0.4, 0.5) is 5.82 Å². The van der Waals surface area contributed by atoms with Crippen molar-refractivity contribution in [3.63, 3.8) is 0 Å². The molecule has 100 valence electrons. The highest BCUT2D eigenvalue weighted by molar-refractivity contribution is 5.99. The molecule has 2 amide bonds. The highest BCUT2D eigenvalue weighted by Crippen LogP contribution is 2.11. The van der Waals surface area contributed by atoms with Crippen molar-refractivity contribution in [1.82, 2.24) is 14.9 Å². The Morgan fingerprint density at radius 3 is 2.74 bits per heavy atom. The van der Waals surface area contributed by atoms with Crippen LogP contribution in [0, 0.1) is 0 Å². The molecule has 0 radical (unpaired) electrons. The molecule has 0 aliphatic carbocycles. The lowest BCUT2D eigenvalue weighted by Crippen LogP contribution is -2.34. The summed E-state index contributed by atoms with van der Waals surface area (Å²) in [6, 6.07) is 0. The van der Waals surface area contributed by atoms with Gasteiger partial charge < -0.3 is 15.3 Å². The summed E-state index contributed by atoms with van der Waals surface area (Å²) in [4.78, 5) is 42.8. The van der Waals surface area contributed by atoms with Crippen LogP contribution >= 0.6 is 0 Å². The number of amides is 2. The highest BCUT2D eigenvalue weighted by atomic mass is 16.4. The van der Waals surface area contributed by atoms with E-state index in [1.807, 2.05) is 0 Å². The number of aromatic nitrogens is 2. The molecule has 1 saturated heterocycles. The predicted molar refractivity (Wildman–Crippen MR) is 63.4 cm³/mol. The van der Waals surface area contributed by atoms with Crippen LogP contribution in [0.5, 0.6) is 0 Å². The third-order valence-electron chi connectivity index (χ3n) is 2.66. The number of hydrogen-bond donors (Lipinski definition) is 2. The average molecular weight is 264 g/mol. The molecule has 8 nitrogen and oxygen atoms in total. The van der Waals surface area contributed by atoms with E-state index >= 15 is 0 Å². The molecule has 8 heteroatoms. The van der Waals surface area contributed by atoms with E-state index in [1.54, 1.807) is 0 Å². The molecule has 2 heterocycles. The Morgan fingerprint density at radius 1 is 1.37 bits per heavy atom. The number of carboxylic acids is 1. The van der Waals surface area contributed by atoms with Gasteiger partial charge in [-0.15, -0.1) is 0 Å². The maximum Gasteiger partial charge on any atom is 0.358 e. The van der Waals surface area contributed by atoms with Crippen LogP contribution in [0.1, 0.15) is 23.3 Å². The summed E-state index contributed by atoms with van der Waals surface area (Å²) < 4.78 is 0. The molecule has 0 saturated carbocycles. The first-order valence-corrected chi connectivity index (χ1v) is 5.70. The zero-order valence-corrected chi connectivity index (χ0v) is 10.00. The molecule has 1 aliphatic rings. The standard InChI is InChI=1S/C11H12N4O4/c16-7(6-15-5-1-2-8(15)17)14-10-9(11(18)19)12-3-4-13-10/h3-4H,1-2,5-6H2,(H,18,19)(H,13,14,16). The Kier molecular flexibility index (Phi) is 3.69. The second-order valence-electron chi connectivity index (χ2n) is 4.03. The van der Waals surface area contributed by atoms with Crippen molar-refractivity contribution in [3.05, 3.63) is 18.1 Å². The van der Waals surface area contributed by atoms with E-state index in [2.05, 4.69) is 15.3 Å². The predicted octanol–water partition coefficient (Wildman–Crippen LogP) is -0.264. The highest BCUT2D eigenvalue weighted by Gasteiger charge is 2.23. The van der Waals surface area contributed by atoms with E-state index in [-0.39, 0.29) is 24.0 Å². The fraction of sp³-hybridized carbons (Fsp3) is 0.364. The van der Waals surface area contributed by atoms with Crippen LogP contribution < -0.4 is 5.32 Å². The SMILES string of the molecule is O=C(CN1CCCC1=O)Nc1nccnc1C(=O)O. The van der Waals surface area contributed by atoms with Crippen molar-refractivity contribution in [2.45, 2.75) is 12.8 Å². The molecule has 0 bridgehead atoms. The molecule has 0 aromatic carbocycles. The molecule has 2 rings (SSSR count). The largest absolute Gasteiger partial charge is 0.476 e. The zero-order valence-electron chi connectivity index (χ0n) is 10.00. The summed E-state index contributed by atoms with van der Waals surface area (Å²) in [5.41, 5.74) is -0.330. The van der Waals surface area contributed by atoms with Crippen LogP contribution in [0.2, 0.25) is 0 Å². The molecule has 1 fully saturated rings. The number of aromatic carboxylic acids is 1. The number of anilines is 1. The molecule has 1 aliphatic heterocycles. The second-order valence-corrected chi connectivity index (χ2v) is 4.03. The Labute approximate surface area is 108 Å². The topological polar surface area (TPSA) is 112 Å². The number of nitrogens with one attached hydrogen (secondary N) is 1. The summed E-state index contributed by atoms with van der Waals surface area (Å²) in [6.07, 6.45) is 3.68. The first-order valence-electron chi connectivity index (χ1n) is 5.70. The molecule has 2 N–H and O–H groups in total. The lowest BCUT2D eigenvalue weighted by Gasteiger charge is -2.14. The first kappa shape index (κ1) is 12.9. The van der Waals surface area contributed by atoms with E-state index in [4.69, 9.17) is 5.11 Å². The number of hydrogen-bond acceptors (Lipinski definition) is 5. The van der Waals surface area contributed by atoms with E-state index in [9.17, 15) is 14.4 Å². The molecular weight excluding hydrogens is 252 g/mol. The fourth-order valence-electron chi connectivity index (χ4n) is 1.80.